The van der Waals surface area contributed by atoms with Crippen molar-refractivity contribution in [3.8, 4) is 5.69 Å². The van der Waals surface area contributed by atoms with Gasteiger partial charge in [-0.3, -0.25) is 4.79 Å². The number of hydrogen-bond donors (Lipinski definition) is 1. The summed E-state index contributed by atoms with van der Waals surface area (Å²) in [5.74, 6) is 0. The summed E-state index contributed by atoms with van der Waals surface area (Å²) in [5.41, 5.74) is 4.83. The molecule has 0 amide bonds. The summed E-state index contributed by atoms with van der Waals surface area (Å²) < 4.78 is 1.84. The highest BCUT2D eigenvalue weighted by atomic mass is 16.1. The van der Waals surface area contributed by atoms with Crippen LogP contribution in [0.1, 0.15) is 36.4 Å². The van der Waals surface area contributed by atoms with Crippen molar-refractivity contribution in [2.45, 2.75) is 47.2 Å². The molecule has 0 saturated heterocycles. The van der Waals surface area contributed by atoms with Crippen molar-refractivity contribution in [3.05, 3.63) is 57.0 Å². The van der Waals surface area contributed by atoms with Gasteiger partial charge in [-0.25, -0.2) is 4.68 Å². The van der Waals surface area contributed by atoms with Gasteiger partial charge < -0.3 is 5.32 Å². The zero-order chi connectivity index (χ0) is 15.6. The molecule has 1 aromatic heterocycles. The van der Waals surface area contributed by atoms with Crippen molar-refractivity contribution in [3.63, 3.8) is 0 Å². The van der Waals surface area contributed by atoms with Crippen LogP contribution in [0.2, 0.25) is 0 Å². The third kappa shape index (κ3) is 3.58. The molecule has 21 heavy (non-hydrogen) atoms. The lowest BCUT2D eigenvalue weighted by atomic mass is 10.1. The largest absolute Gasteiger partial charge is 0.309 e. The van der Waals surface area contributed by atoms with Crippen LogP contribution in [0.5, 0.6) is 0 Å². The van der Waals surface area contributed by atoms with Gasteiger partial charge in [0.05, 0.1) is 5.69 Å². The quantitative estimate of drug-likeness (QED) is 0.939. The molecule has 0 bridgehead atoms. The van der Waals surface area contributed by atoms with E-state index in [2.05, 4.69) is 50.2 Å². The lowest BCUT2D eigenvalue weighted by Crippen LogP contribution is -2.28. The number of rotatable bonds is 4. The van der Waals surface area contributed by atoms with E-state index in [1.807, 2.05) is 17.7 Å². The van der Waals surface area contributed by atoms with Gasteiger partial charge in [0, 0.05) is 24.3 Å². The fraction of sp³-hybridized carbons (Fsp3) is 0.412. The Morgan fingerprint density at radius 2 is 1.86 bits per heavy atom. The molecular weight excluding hydrogens is 262 g/mol. The molecule has 2 rings (SSSR count). The van der Waals surface area contributed by atoms with Crippen LogP contribution >= 0.6 is 0 Å². The Bertz CT molecular complexity index is 702. The van der Waals surface area contributed by atoms with E-state index in [0.717, 1.165) is 11.4 Å². The standard InChI is InChI=1S/C17H23N3O/c1-11(2)18-10-16-17(21)9-14(5)20(19-16)15-7-6-12(3)13(4)8-15/h6-9,11,18H,10H2,1-5H3. The normalized spacial score (nSPS) is 11.1. The highest BCUT2D eigenvalue weighted by Gasteiger charge is 2.08. The van der Waals surface area contributed by atoms with E-state index >= 15 is 0 Å². The molecule has 1 aromatic carbocycles. The number of aryl methyl sites for hydroxylation is 3. The van der Waals surface area contributed by atoms with Crippen LogP contribution in [0.25, 0.3) is 5.69 Å². The van der Waals surface area contributed by atoms with Gasteiger partial charge in [0.2, 0.25) is 5.43 Å². The van der Waals surface area contributed by atoms with Gasteiger partial charge >= 0.3 is 0 Å². The zero-order valence-corrected chi connectivity index (χ0v) is 13.4. The predicted molar refractivity (Wildman–Crippen MR) is 86.0 cm³/mol. The van der Waals surface area contributed by atoms with Crippen molar-refractivity contribution < 1.29 is 0 Å². The van der Waals surface area contributed by atoms with Crippen LogP contribution < -0.4 is 10.7 Å². The first-order valence-corrected chi connectivity index (χ1v) is 7.29. The monoisotopic (exact) mass is 285 g/mol. The minimum absolute atomic E-state index is 0.0132. The number of hydrogen-bond acceptors (Lipinski definition) is 3. The minimum Gasteiger partial charge on any atom is -0.309 e. The van der Waals surface area contributed by atoms with Gasteiger partial charge in [-0.1, -0.05) is 19.9 Å². The highest BCUT2D eigenvalue weighted by molar-refractivity contribution is 5.40. The molecule has 0 saturated carbocycles. The average molecular weight is 285 g/mol. The molecule has 112 valence electrons. The lowest BCUT2D eigenvalue weighted by Gasteiger charge is -2.14. The van der Waals surface area contributed by atoms with Crippen molar-refractivity contribution in [2.75, 3.05) is 0 Å². The number of benzene rings is 1. The summed E-state index contributed by atoms with van der Waals surface area (Å²) in [4.78, 5) is 12.0. The number of nitrogens with zero attached hydrogens (tertiary/aromatic N) is 2. The number of nitrogens with one attached hydrogen (secondary N) is 1. The Hall–Kier alpha value is -1.94. The molecular formula is C17H23N3O. The van der Waals surface area contributed by atoms with Gasteiger partial charge in [0.15, 0.2) is 0 Å². The second kappa shape index (κ2) is 6.22. The number of aromatic nitrogens is 2. The van der Waals surface area contributed by atoms with Gasteiger partial charge in [0.25, 0.3) is 0 Å². The van der Waals surface area contributed by atoms with Crippen LogP contribution in [0.4, 0.5) is 0 Å². The Labute approximate surface area is 125 Å². The topological polar surface area (TPSA) is 46.9 Å². The van der Waals surface area contributed by atoms with Gasteiger partial charge in [0.1, 0.15) is 5.69 Å². The summed E-state index contributed by atoms with van der Waals surface area (Å²) in [7, 11) is 0. The summed E-state index contributed by atoms with van der Waals surface area (Å²) >= 11 is 0. The van der Waals surface area contributed by atoms with Crippen molar-refractivity contribution in [2.24, 2.45) is 0 Å². The summed E-state index contributed by atoms with van der Waals surface area (Å²) in [6.45, 7) is 10.7. The maximum Gasteiger partial charge on any atom is 0.204 e. The highest BCUT2D eigenvalue weighted by Crippen LogP contribution is 2.14. The van der Waals surface area contributed by atoms with Crippen molar-refractivity contribution in [1.29, 1.82) is 0 Å². The molecule has 1 heterocycles. The van der Waals surface area contributed by atoms with Crippen LogP contribution in [0.3, 0.4) is 0 Å². The Balaban J connectivity index is 2.45. The van der Waals surface area contributed by atoms with E-state index in [1.54, 1.807) is 6.07 Å². The van der Waals surface area contributed by atoms with Crippen LogP contribution in [-0.2, 0) is 6.54 Å². The Morgan fingerprint density at radius 3 is 2.48 bits per heavy atom. The predicted octanol–water partition coefficient (Wildman–Crippen LogP) is 2.66. The van der Waals surface area contributed by atoms with E-state index in [4.69, 9.17) is 0 Å². The third-order valence-electron chi connectivity index (χ3n) is 3.59. The molecule has 2 aromatic rings. The first-order chi connectivity index (χ1) is 9.88. The molecule has 1 N–H and O–H groups in total. The first kappa shape index (κ1) is 15.4. The van der Waals surface area contributed by atoms with Crippen LogP contribution in [-0.4, -0.2) is 15.8 Å². The van der Waals surface area contributed by atoms with Crippen molar-refractivity contribution in [1.82, 2.24) is 15.1 Å². The van der Waals surface area contributed by atoms with E-state index in [0.29, 0.717) is 18.3 Å². The van der Waals surface area contributed by atoms with Crippen LogP contribution in [0.15, 0.2) is 29.1 Å². The maximum atomic E-state index is 12.0. The summed E-state index contributed by atoms with van der Waals surface area (Å²) in [6, 6.07) is 8.18. The van der Waals surface area contributed by atoms with E-state index in [9.17, 15) is 4.79 Å². The summed E-state index contributed by atoms with van der Waals surface area (Å²) in [5, 5.41) is 7.77. The fourth-order valence-corrected chi connectivity index (χ4v) is 2.13. The molecule has 0 aliphatic rings. The van der Waals surface area contributed by atoms with Gasteiger partial charge in [-0.2, -0.15) is 5.10 Å². The maximum absolute atomic E-state index is 12.0. The molecule has 0 spiro atoms. The Kier molecular flexibility index (Phi) is 4.58. The first-order valence-electron chi connectivity index (χ1n) is 7.29. The smallest absolute Gasteiger partial charge is 0.204 e. The van der Waals surface area contributed by atoms with Gasteiger partial charge in [-0.05, 0) is 44.0 Å². The average Bonchev–Trinajstić information content (AvgIpc) is 2.41. The minimum atomic E-state index is -0.0132. The second-order valence-electron chi connectivity index (χ2n) is 5.81. The molecule has 0 radical (unpaired) electrons. The molecule has 4 nitrogen and oxygen atoms in total. The van der Waals surface area contributed by atoms with E-state index in [1.165, 1.54) is 11.1 Å². The second-order valence-corrected chi connectivity index (χ2v) is 5.81. The third-order valence-corrected chi connectivity index (χ3v) is 3.59. The fourth-order valence-electron chi connectivity index (χ4n) is 2.13. The summed E-state index contributed by atoms with van der Waals surface area (Å²) in [6.07, 6.45) is 0. The SMILES string of the molecule is Cc1ccc(-n2nc(CNC(C)C)c(=O)cc2C)cc1C. The molecule has 0 atom stereocenters. The molecule has 0 aliphatic carbocycles. The lowest BCUT2D eigenvalue weighted by molar-refractivity contribution is 0.568. The molecule has 0 fully saturated rings. The van der Waals surface area contributed by atoms with Crippen molar-refractivity contribution >= 4 is 0 Å². The molecule has 0 aliphatic heterocycles. The zero-order valence-electron chi connectivity index (χ0n) is 13.4. The van der Waals surface area contributed by atoms with E-state index in [-0.39, 0.29) is 5.43 Å². The van der Waals surface area contributed by atoms with Crippen LogP contribution in [0, 0.1) is 20.8 Å². The van der Waals surface area contributed by atoms with Gasteiger partial charge in [-0.15, -0.1) is 0 Å². The Morgan fingerprint density at radius 1 is 1.14 bits per heavy atom. The van der Waals surface area contributed by atoms with E-state index < -0.39 is 0 Å². The molecule has 0 unspecified atom stereocenters. The molecule has 4 heteroatoms.